The maximum absolute atomic E-state index is 13.2. The summed E-state index contributed by atoms with van der Waals surface area (Å²) in [6, 6.07) is 2.64. The summed E-state index contributed by atoms with van der Waals surface area (Å²) in [7, 11) is 0. The summed E-state index contributed by atoms with van der Waals surface area (Å²) in [5.74, 6) is -0.177. The van der Waals surface area contributed by atoms with Crippen LogP contribution in [0, 0.1) is 5.82 Å². The van der Waals surface area contributed by atoms with Crippen LogP contribution in [0.25, 0.3) is 0 Å². The molecule has 1 aromatic rings. The quantitative estimate of drug-likeness (QED) is 0.770. The number of hydrogen-bond donors (Lipinski definition) is 0. The minimum absolute atomic E-state index is 0.122. The molecular formula is C15H16F4N2O. The fourth-order valence-corrected chi connectivity index (χ4v) is 2.28. The zero-order chi connectivity index (χ0) is 16.3. The van der Waals surface area contributed by atoms with Crippen LogP contribution in [-0.2, 0) is 10.9 Å². The molecule has 1 aliphatic heterocycles. The Labute approximate surface area is 125 Å². The Morgan fingerprint density at radius 1 is 1.36 bits per heavy atom. The Bertz CT molecular complexity index is 608. The van der Waals surface area contributed by atoms with Crippen LogP contribution >= 0.6 is 0 Å². The molecular weight excluding hydrogens is 300 g/mol. The average Bonchev–Trinajstić information content (AvgIpc) is 2.47. The maximum atomic E-state index is 13.2. The fourth-order valence-electron chi connectivity index (χ4n) is 2.28. The normalized spacial score (nSPS) is 19.6. The SMILES string of the molecule is CC=C1OCCN(c2ccc(F)cc2C(F)(F)F)C1=NCC. The van der Waals surface area contributed by atoms with Gasteiger partial charge in [-0.05, 0) is 38.1 Å². The number of hydrogen-bond acceptors (Lipinski definition) is 2. The lowest BCUT2D eigenvalue weighted by Crippen LogP contribution is -2.41. The van der Waals surface area contributed by atoms with E-state index in [1.165, 1.54) is 4.90 Å². The van der Waals surface area contributed by atoms with E-state index in [0.29, 0.717) is 24.2 Å². The number of aliphatic imine (C=N–C) groups is 1. The van der Waals surface area contributed by atoms with Gasteiger partial charge in [-0.3, -0.25) is 4.99 Å². The second-order valence-corrected chi connectivity index (χ2v) is 4.61. The summed E-state index contributed by atoms with van der Waals surface area (Å²) in [5, 5.41) is 0. The van der Waals surface area contributed by atoms with Gasteiger partial charge in [0.05, 0.1) is 17.8 Å². The van der Waals surface area contributed by atoms with E-state index < -0.39 is 17.6 Å². The van der Waals surface area contributed by atoms with Gasteiger partial charge in [0.25, 0.3) is 0 Å². The average molecular weight is 316 g/mol. The first kappa shape index (κ1) is 16.3. The third kappa shape index (κ3) is 3.23. The van der Waals surface area contributed by atoms with Crippen molar-refractivity contribution >= 4 is 11.5 Å². The van der Waals surface area contributed by atoms with Crippen LogP contribution in [0.4, 0.5) is 23.2 Å². The smallest absolute Gasteiger partial charge is 0.418 e. The van der Waals surface area contributed by atoms with Gasteiger partial charge in [-0.25, -0.2) is 4.39 Å². The van der Waals surface area contributed by atoms with Crippen LogP contribution in [0.15, 0.2) is 35.0 Å². The molecule has 0 aliphatic carbocycles. The molecule has 0 bridgehead atoms. The predicted octanol–water partition coefficient (Wildman–Crippen LogP) is 4.00. The monoisotopic (exact) mass is 316 g/mol. The second-order valence-electron chi connectivity index (χ2n) is 4.61. The highest BCUT2D eigenvalue weighted by atomic mass is 19.4. The van der Waals surface area contributed by atoms with Gasteiger partial charge in [-0.1, -0.05) is 0 Å². The van der Waals surface area contributed by atoms with Crippen molar-refractivity contribution in [3.63, 3.8) is 0 Å². The first-order valence-corrected chi connectivity index (χ1v) is 6.86. The molecule has 7 heteroatoms. The van der Waals surface area contributed by atoms with Gasteiger partial charge in [-0.15, -0.1) is 0 Å². The van der Waals surface area contributed by atoms with Crippen LogP contribution in [0.5, 0.6) is 0 Å². The molecule has 0 unspecified atom stereocenters. The van der Waals surface area contributed by atoms with Gasteiger partial charge >= 0.3 is 6.18 Å². The van der Waals surface area contributed by atoms with Crippen molar-refractivity contribution in [3.8, 4) is 0 Å². The van der Waals surface area contributed by atoms with Gasteiger partial charge in [-0.2, -0.15) is 13.2 Å². The second kappa shape index (κ2) is 6.37. The standard InChI is InChI=1S/C15H16F4N2O/c1-3-13-14(20-4-2)21(7-8-22-13)12-6-5-10(16)9-11(12)15(17,18)19/h3,5-6,9H,4,7-8H2,1-2H3. The Kier molecular flexibility index (Phi) is 4.73. The largest absolute Gasteiger partial charge is 0.488 e. The van der Waals surface area contributed by atoms with Crippen molar-refractivity contribution in [2.45, 2.75) is 20.0 Å². The molecule has 0 aromatic heterocycles. The lowest BCUT2D eigenvalue weighted by Gasteiger charge is -2.33. The summed E-state index contributed by atoms with van der Waals surface area (Å²) < 4.78 is 58.3. The number of nitrogens with zero attached hydrogens (tertiary/aromatic N) is 2. The highest BCUT2D eigenvalue weighted by molar-refractivity contribution is 6.09. The number of alkyl halides is 3. The molecule has 1 heterocycles. The highest BCUT2D eigenvalue weighted by Gasteiger charge is 2.37. The van der Waals surface area contributed by atoms with E-state index in [-0.39, 0.29) is 18.8 Å². The summed E-state index contributed by atoms with van der Waals surface area (Å²) in [6.07, 6.45) is -3.00. The summed E-state index contributed by atoms with van der Waals surface area (Å²) in [5.41, 5.74) is -1.14. The molecule has 22 heavy (non-hydrogen) atoms. The van der Waals surface area contributed by atoms with Crippen LogP contribution in [0.2, 0.25) is 0 Å². The van der Waals surface area contributed by atoms with Crippen LogP contribution in [0.1, 0.15) is 19.4 Å². The van der Waals surface area contributed by atoms with E-state index in [0.717, 1.165) is 12.1 Å². The molecule has 0 atom stereocenters. The number of allylic oxidation sites excluding steroid dienone is 1. The number of benzene rings is 1. The minimum Gasteiger partial charge on any atom is -0.488 e. The maximum Gasteiger partial charge on any atom is 0.418 e. The Morgan fingerprint density at radius 2 is 2.09 bits per heavy atom. The summed E-state index contributed by atoms with van der Waals surface area (Å²) in [4.78, 5) is 5.65. The van der Waals surface area contributed by atoms with E-state index >= 15 is 0 Å². The molecule has 0 radical (unpaired) electrons. The third-order valence-electron chi connectivity index (χ3n) is 3.17. The summed E-state index contributed by atoms with van der Waals surface area (Å²) >= 11 is 0. The summed E-state index contributed by atoms with van der Waals surface area (Å²) in [6.45, 7) is 4.35. The van der Waals surface area contributed by atoms with E-state index in [1.807, 2.05) is 0 Å². The zero-order valence-corrected chi connectivity index (χ0v) is 12.2. The lowest BCUT2D eigenvalue weighted by molar-refractivity contribution is -0.137. The minimum atomic E-state index is -4.65. The number of halogens is 4. The van der Waals surface area contributed by atoms with E-state index in [9.17, 15) is 17.6 Å². The first-order chi connectivity index (χ1) is 10.4. The predicted molar refractivity (Wildman–Crippen MR) is 76.4 cm³/mol. The lowest BCUT2D eigenvalue weighted by atomic mass is 10.1. The number of rotatable bonds is 2. The van der Waals surface area contributed by atoms with Crippen molar-refractivity contribution in [3.05, 3.63) is 41.4 Å². The molecule has 2 rings (SSSR count). The van der Waals surface area contributed by atoms with Crippen molar-refractivity contribution in [1.29, 1.82) is 0 Å². The van der Waals surface area contributed by atoms with Gasteiger partial charge in [0.2, 0.25) is 0 Å². The van der Waals surface area contributed by atoms with Crippen molar-refractivity contribution in [2.75, 3.05) is 24.6 Å². The number of morpholine rings is 1. The van der Waals surface area contributed by atoms with Gasteiger partial charge < -0.3 is 9.64 Å². The molecule has 120 valence electrons. The van der Waals surface area contributed by atoms with Crippen LogP contribution in [-0.4, -0.2) is 25.5 Å². The molecule has 0 amide bonds. The molecule has 3 nitrogen and oxygen atoms in total. The topological polar surface area (TPSA) is 24.8 Å². The van der Waals surface area contributed by atoms with Gasteiger partial charge in [0.1, 0.15) is 12.4 Å². The van der Waals surface area contributed by atoms with Crippen LogP contribution in [0.3, 0.4) is 0 Å². The Morgan fingerprint density at radius 3 is 2.68 bits per heavy atom. The van der Waals surface area contributed by atoms with E-state index in [2.05, 4.69) is 4.99 Å². The van der Waals surface area contributed by atoms with Crippen LogP contribution < -0.4 is 4.90 Å². The third-order valence-corrected chi connectivity index (χ3v) is 3.17. The Hall–Kier alpha value is -2.05. The molecule has 1 aliphatic rings. The zero-order valence-electron chi connectivity index (χ0n) is 12.2. The van der Waals surface area contributed by atoms with Gasteiger partial charge in [0, 0.05) is 6.54 Å². The highest BCUT2D eigenvalue weighted by Crippen LogP contribution is 2.38. The fraction of sp³-hybridized carbons (Fsp3) is 0.400. The molecule has 1 fully saturated rings. The van der Waals surface area contributed by atoms with Crippen molar-refractivity contribution in [1.82, 2.24) is 0 Å². The van der Waals surface area contributed by atoms with Crippen molar-refractivity contribution in [2.24, 2.45) is 4.99 Å². The Balaban J connectivity index is 2.56. The number of anilines is 1. The molecule has 0 N–H and O–H groups in total. The molecule has 1 saturated heterocycles. The van der Waals surface area contributed by atoms with E-state index in [1.54, 1.807) is 19.9 Å². The molecule has 0 saturated carbocycles. The number of amidine groups is 1. The number of ether oxygens (including phenoxy) is 1. The van der Waals surface area contributed by atoms with Crippen molar-refractivity contribution < 1.29 is 22.3 Å². The molecule has 0 spiro atoms. The molecule has 1 aromatic carbocycles. The van der Waals surface area contributed by atoms with Gasteiger partial charge in [0.15, 0.2) is 11.6 Å². The van der Waals surface area contributed by atoms with E-state index in [4.69, 9.17) is 4.74 Å². The first-order valence-electron chi connectivity index (χ1n) is 6.86.